The topological polar surface area (TPSA) is 37.3 Å². The molecule has 2 nitrogen and oxygen atoms in total. The first-order chi connectivity index (χ1) is 6.39. The van der Waals surface area contributed by atoms with E-state index < -0.39 is 5.97 Å². The minimum Gasteiger partial charge on any atom is -0.481 e. The van der Waals surface area contributed by atoms with Crippen LogP contribution >= 0.6 is 0 Å². The summed E-state index contributed by atoms with van der Waals surface area (Å²) in [5.74, 6) is 1.55. The minimum atomic E-state index is -0.559. The molecule has 0 aliphatic heterocycles. The molecule has 1 unspecified atom stereocenters. The van der Waals surface area contributed by atoms with Crippen LogP contribution in [0.1, 0.15) is 33.6 Å². The van der Waals surface area contributed by atoms with Crippen molar-refractivity contribution in [1.82, 2.24) is 0 Å². The van der Waals surface area contributed by atoms with E-state index in [1.807, 2.05) is 0 Å². The first-order valence-electron chi connectivity index (χ1n) is 5.62. The van der Waals surface area contributed by atoms with Crippen molar-refractivity contribution in [1.29, 1.82) is 0 Å². The van der Waals surface area contributed by atoms with Gasteiger partial charge in [0.2, 0.25) is 0 Å². The molecule has 3 aliphatic rings. The third kappa shape index (κ3) is 0.768. The minimum absolute atomic E-state index is 0.0221. The molecule has 0 aromatic carbocycles. The Morgan fingerprint density at radius 3 is 2.36 bits per heavy atom. The summed E-state index contributed by atoms with van der Waals surface area (Å²) >= 11 is 0. The molecule has 5 atom stereocenters. The van der Waals surface area contributed by atoms with Crippen LogP contribution in [0.5, 0.6) is 0 Å². The molecular formula is C12H18O2. The van der Waals surface area contributed by atoms with Crippen LogP contribution in [0.4, 0.5) is 0 Å². The van der Waals surface area contributed by atoms with Crippen LogP contribution < -0.4 is 0 Å². The zero-order chi connectivity index (χ0) is 10.3. The number of hydrogen-bond acceptors (Lipinski definition) is 1. The normalized spacial score (nSPS) is 57.1. The summed E-state index contributed by atoms with van der Waals surface area (Å²) in [6.45, 7) is 6.86. The van der Waals surface area contributed by atoms with Gasteiger partial charge in [-0.2, -0.15) is 0 Å². The molecule has 0 bridgehead atoms. The third-order valence-corrected chi connectivity index (χ3v) is 5.57. The highest BCUT2D eigenvalue weighted by Gasteiger charge is 2.75. The van der Waals surface area contributed by atoms with Crippen molar-refractivity contribution >= 4 is 5.97 Å². The lowest BCUT2D eigenvalue weighted by Gasteiger charge is -2.15. The van der Waals surface area contributed by atoms with E-state index in [0.717, 1.165) is 18.3 Å². The van der Waals surface area contributed by atoms with Gasteiger partial charge in [0.25, 0.3) is 0 Å². The van der Waals surface area contributed by atoms with Gasteiger partial charge in [-0.05, 0) is 41.4 Å². The number of aliphatic carboxylic acids is 1. The van der Waals surface area contributed by atoms with Crippen LogP contribution in [-0.4, -0.2) is 11.1 Å². The molecule has 0 aromatic heterocycles. The van der Waals surface area contributed by atoms with Gasteiger partial charge in [-0.25, -0.2) is 0 Å². The van der Waals surface area contributed by atoms with E-state index in [0.29, 0.717) is 11.3 Å². The number of carboxylic acid groups (broad SMARTS) is 1. The average Bonchev–Trinajstić information content (AvgIpc) is 2.81. The van der Waals surface area contributed by atoms with Crippen molar-refractivity contribution in [2.24, 2.45) is 34.5 Å². The summed E-state index contributed by atoms with van der Waals surface area (Å²) in [5, 5.41) is 9.08. The fourth-order valence-electron chi connectivity index (χ4n) is 4.28. The molecular weight excluding hydrogens is 176 g/mol. The highest BCUT2D eigenvalue weighted by Crippen LogP contribution is 2.78. The Balaban J connectivity index is 1.81. The Morgan fingerprint density at radius 2 is 1.86 bits per heavy atom. The van der Waals surface area contributed by atoms with Crippen molar-refractivity contribution in [2.75, 3.05) is 0 Å². The second-order valence-electron chi connectivity index (χ2n) is 6.40. The smallest absolute Gasteiger partial charge is 0.307 e. The molecule has 14 heavy (non-hydrogen) atoms. The zero-order valence-corrected chi connectivity index (χ0v) is 9.08. The van der Waals surface area contributed by atoms with Crippen molar-refractivity contribution in [3.8, 4) is 0 Å². The predicted molar refractivity (Wildman–Crippen MR) is 52.7 cm³/mol. The molecule has 78 valence electrons. The molecule has 3 aliphatic carbocycles. The maximum Gasteiger partial charge on any atom is 0.307 e. The van der Waals surface area contributed by atoms with Crippen LogP contribution in [0, 0.1) is 34.5 Å². The standard InChI is InChI=1S/C12H18O2/c1-11(2)6-4-7-9(10(13)14)12(7,3)5-8(6)11/h6-9H,4-5H2,1-3H3,(H,13,14)/t6-,7?,8+,9-,12+/m1/s1. The molecule has 0 spiro atoms. The molecule has 0 heterocycles. The maximum atomic E-state index is 11.0. The Hall–Kier alpha value is -0.530. The van der Waals surface area contributed by atoms with E-state index in [2.05, 4.69) is 20.8 Å². The summed E-state index contributed by atoms with van der Waals surface area (Å²) in [5.41, 5.74) is 0.667. The Bertz CT molecular complexity index is 320. The van der Waals surface area contributed by atoms with Gasteiger partial charge in [0.15, 0.2) is 0 Å². The van der Waals surface area contributed by atoms with Gasteiger partial charge in [0.1, 0.15) is 0 Å². The second kappa shape index (κ2) is 2.02. The Morgan fingerprint density at radius 1 is 1.21 bits per heavy atom. The number of hydrogen-bond donors (Lipinski definition) is 1. The summed E-state index contributed by atoms with van der Waals surface area (Å²) in [7, 11) is 0. The van der Waals surface area contributed by atoms with E-state index in [-0.39, 0.29) is 11.3 Å². The van der Waals surface area contributed by atoms with Gasteiger partial charge in [0, 0.05) is 0 Å². The quantitative estimate of drug-likeness (QED) is 0.696. The van der Waals surface area contributed by atoms with Gasteiger partial charge in [0.05, 0.1) is 5.92 Å². The monoisotopic (exact) mass is 194 g/mol. The first-order valence-corrected chi connectivity index (χ1v) is 5.62. The van der Waals surface area contributed by atoms with Crippen molar-refractivity contribution < 1.29 is 9.90 Å². The van der Waals surface area contributed by atoms with Crippen molar-refractivity contribution in [3.63, 3.8) is 0 Å². The summed E-state index contributed by atoms with van der Waals surface area (Å²) in [4.78, 5) is 11.0. The molecule has 3 saturated carbocycles. The van der Waals surface area contributed by atoms with Crippen LogP contribution in [0.2, 0.25) is 0 Å². The average molecular weight is 194 g/mol. The van der Waals surface area contributed by atoms with Gasteiger partial charge in [-0.1, -0.05) is 20.8 Å². The van der Waals surface area contributed by atoms with Gasteiger partial charge >= 0.3 is 5.97 Å². The predicted octanol–water partition coefficient (Wildman–Crippen LogP) is 2.39. The SMILES string of the molecule is CC1(C)[C@@H]2CC3[C@H](C(=O)O)[C@@]3(C)C[C@@H]21. The molecule has 1 N–H and O–H groups in total. The lowest BCUT2D eigenvalue weighted by atomic mass is 9.90. The maximum absolute atomic E-state index is 11.0. The van der Waals surface area contributed by atoms with Gasteiger partial charge in [-0.3, -0.25) is 4.79 Å². The molecule has 0 amide bonds. The van der Waals surface area contributed by atoms with Crippen molar-refractivity contribution in [2.45, 2.75) is 33.6 Å². The van der Waals surface area contributed by atoms with Crippen LogP contribution in [0.25, 0.3) is 0 Å². The zero-order valence-electron chi connectivity index (χ0n) is 9.08. The van der Waals surface area contributed by atoms with E-state index in [4.69, 9.17) is 5.11 Å². The Kier molecular flexibility index (Phi) is 1.27. The second-order valence-corrected chi connectivity index (χ2v) is 6.40. The van der Waals surface area contributed by atoms with E-state index in [1.165, 1.54) is 6.42 Å². The number of carboxylic acids is 1. The Labute approximate surface area is 84.7 Å². The van der Waals surface area contributed by atoms with Crippen LogP contribution in [0.3, 0.4) is 0 Å². The number of rotatable bonds is 1. The highest BCUT2D eigenvalue weighted by atomic mass is 16.4. The largest absolute Gasteiger partial charge is 0.481 e. The summed E-state index contributed by atoms with van der Waals surface area (Å²) in [6.07, 6.45) is 2.33. The van der Waals surface area contributed by atoms with Crippen LogP contribution in [0.15, 0.2) is 0 Å². The van der Waals surface area contributed by atoms with E-state index in [9.17, 15) is 4.79 Å². The highest BCUT2D eigenvalue weighted by molar-refractivity contribution is 5.76. The molecule has 3 rings (SSSR count). The van der Waals surface area contributed by atoms with Gasteiger partial charge < -0.3 is 5.11 Å². The number of carbonyl (C=O) groups is 1. The van der Waals surface area contributed by atoms with Crippen LogP contribution in [-0.2, 0) is 4.79 Å². The molecule has 0 aromatic rings. The lowest BCUT2D eigenvalue weighted by molar-refractivity contribution is -0.139. The lowest BCUT2D eigenvalue weighted by Crippen LogP contribution is -2.10. The van der Waals surface area contributed by atoms with E-state index >= 15 is 0 Å². The molecule has 2 heteroatoms. The molecule has 3 fully saturated rings. The third-order valence-electron chi connectivity index (χ3n) is 5.57. The fraction of sp³-hybridized carbons (Fsp3) is 0.917. The summed E-state index contributed by atoms with van der Waals surface area (Å²) < 4.78 is 0. The first kappa shape index (κ1) is 8.75. The number of fused-ring (bicyclic) bond motifs is 2. The fourth-order valence-corrected chi connectivity index (χ4v) is 4.28. The summed E-state index contributed by atoms with van der Waals surface area (Å²) in [6, 6.07) is 0. The van der Waals surface area contributed by atoms with Gasteiger partial charge in [-0.15, -0.1) is 0 Å². The van der Waals surface area contributed by atoms with Crippen molar-refractivity contribution in [3.05, 3.63) is 0 Å². The molecule has 0 radical (unpaired) electrons. The van der Waals surface area contributed by atoms with E-state index in [1.54, 1.807) is 0 Å². The molecule has 0 saturated heterocycles.